The molecule has 0 unspecified atom stereocenters. The molecule has 18 heavy (non-hydrogen) atoms. The van der Waals surface area contributed by atoms with E-state index < -0.39 is 0 Å². The van der Waals surface area contributed by atoms with Crippen LogP contribution in [-0.2, 0) is 7.05 Å². The number of carbonyl (C=O) groups excluding carboxylic acids is 1. The third-order valence-electron chi connectivity index (χ3n) is 2.31. The highest BCUT2D eigenvalue weighted by Crippen LogP contribution is 2.15. The number of halogens is 1. The van der Waals surface area contributed by atoms with Crippen molar-refractivity contribution in [3.05, 3.63) is 35.6 Å². The van der Waals surface area contributed by atoms with Crippen LogP contribution in [0.1, 0.15) is 16.8 Å². The maximum absolute atomic E-state index is 12.7. The lowest BCUT2D eigenvalue weighted by atomic mass is 10.1. The third kappa shape index (κ3) is 3.13. The second kappa shape index (κ2) is 5.72. The van der Waals surface area contributed by atoms with Gasteiger partial charge in [-0.2, -0.15) is 0 Å². The molecule has 0 saturated heterocycles. The van der Waals surface area contributed by atoms with Crippen LogP contribution in [0.25, 0.3) is 0 Å². The summed E-state index contributed by atoms with van der Waals surface area (Å²) in [5.41, 5.74) is 0.521. The van der Waals surface area contributed by atoms with Crippen LogP contribution in [0, 0.1) is 5.82 Å². The summed E-state index contributed by atoms with van der Waals surface area (Å²) >= 11 is 1.41. The molecule has 0 atom stereocenters. The van der Waals surface area contributed by atoms with Crippen LogP contribution in [0.5, 0.6) is 0 Å². The molecule has 2 rings (SSSR count). The van der Waals surface area contributed by atoms with Gasteiger partial charge in [-0.1, -0.05) is 11.8 Å². The van der Waals surface area contributed by atoms with Gasteiger partial charge in [-0.15, -0.1) is 5.10 Å². The molecule has 0 N–H and O–H groups in total. The molecule has 94 valence electrons. The number of thioether (sulfide) groups is 1. The van der Waals surface area contributed by atoms with Gasteiger partial charge < -0.3 is 0 Å². The third-order valence-corrected chi connectivity index (χ3v) is 3.32. The summed E-state index contributed by atoms with van der Waals surface area (Å²) in [6.45, 7) is 0. The summed E-state index contributed by atoms with van der Waals surface area (Å²) in [6.07, 6.45) is 0.364. The molecule has 1 aromatic heterocycles. The number of tetrazole rings is 1. The fourth-order valence-electron chi connectivity index (χ4n) is 1.36. The zero-order chi connectivity index (χ0) is 13.0. The van der Waals surface area contributed by atoms with E-state index in [9.17, 15) is 9.18 Å². The molecule has 2 aromatic rings. The van der Waals surface area contributed by atoms with Crippen LogP contribution in [0.2, 0.25) is 0 Å². The number of hydrogen-bond acceptors (Lipinski definition) is 5. The van der Waals surface area contributed by atoms with E-state index in [1.807, 2.05) is 0 Å². The van der Waals surface area contributed by atoms with Crippen LogP contribution in [0.4, 0.5) is 4.39 Å². The van der Waals surface area contributed by atoms with E-state index >= 15 is 0 Å². The van der Waals surface area contributed by atoms with Crippen molar-refractivity contribution >= 4 is 17.5 Å². The van der Waals surface area contributed by atoms with Gasteiger partial charge in [0.25, 0.3) is 0 Å². The minimum absolute atomic E-state index is 0.0161. The first-order valence-electron chi connectivity index (χ1n) is 5.31. The van der Waals surface area contributed by atoms with Crippen molar-refractivity contribution in [2.45, 2.75) is 11.6 Å². The first-order valence-corrected chi connectivity index (χ1v) is 6.29. The summed E-state index contributed by atoms with van der Waals surface area (Å²) in [7, 11) is 1.74. The van der Waals surface area contributed by atoms with Crippen molar-refractivity contribution in [3.8, 4) is 0 Å². The van der Waals surface area contributed by atoms with Crippen molar-refractivity contribution < 1.29 is 9.18 Å². The number of hydrogen-bond donors (Lipinski definition) is 0. The summed E-state index contributed by atoms with van der Waals surface area (Å²) in [5.74, 6) is 0.230. The molecule has 5 nitrogen and oxygen atoms in total. The Morgan fingerprint density at radius 1 is 1.39 bits per heavy atom. The monoisotopic (exact) mass is 266 g/mol. The number of ketones is 1. The van der Waals surface area contributed by atoms with E-state index in [4.69, 9.17) is 0 Å². The molecular weight excluding hydrogens is 255 g/mol. The second-order valence-corrected chi connectivity index (χ2v) is 4.68. The SMILES string of the molecule is Cn1nnnc1SCCC(=O)c1ccc(F)cc1. The summed E-state index contributed by atoms with van der Waals surface area (Å²) in [4.78, 5) is 11.8. The number of carbonyl (C=O) groups is 1. The predicted molar refractivity (Wildman–Crippen MR) is 64.9 cm³/mol. The Bertz CT molecular complexity index is 540. The molecule has 0 aliphatic carbocycles. The summed E-state index contributed by atoms with van der Waals surface area (Å²) in [5, 5.41) is 11.7. The summed E-state index contributed by atoms with van der Waals surface area (Å²) in [6, 6.07) is 5.55. The van der Waals surface area contributed by atoms with Crippen molar-refractivity contribution in [2.24, 2.45) is 7.05 Å². The Kier molecular flexibility index (Phi) is 4.03. The van der Waals surface area contributed by atoms with Crippen LogP contribution in [0.3, 0.4) is 0 Å². The number of rotatable bonds is 5. The Labute approximate surface area is 107 Å². The maximum atomic E-state index is 12.7. The highest BCUT2D eigenvalue weighted by atomic mass is 32.2. The number of nitrogens with zero attached hydrogens (tertiary/aromatic N) is 4. The average Bonchev–Trinajstić information content (AvgIpc) is 2.76. The second-order valence-electron chi connectivity index (χ2n) is 3.61. The van der Waals surface area contributed by atoms with Gasteiger partial charge in [0.1, 0.15) is 5.82 Å². The molecule has 0 aliphatic rings. The van der Waals surface area contributed by atoms with Crippen molar-refractivity contribution in [3.63, 3.8) is 0 Å². The normalized spacial score (nSPS) is 10.6. The van der Waals surface area contributed by atoms with E-state index in [0.29, 0.717) is 22.9 Å². The molecule has 7 heteroatoms. The van der Waals surface area contributed by atoms with Crippen LogP contribution in [-0.4, -0.2) is 31.7 Å². The fraction of sp³-hybridized carbons (Fsp3) is 0.273. The number of aromatic nitrogens is 4. The molecule has 0 spiro atoms. The lowest BCUT2D eigenvalue weighted by Crippen LogP contribution is -2.01. The van der Waals surface area contributed by atoms with Gasteiger partial charge in [0.2, 0.25) is 5.16 Å². The number of aryl methyl sites for hydroxylation is 1. The summed E-state index contributed by atoms with van der Waals surface area (Å²) < 4.78 is 14.2. The zero-order valence-electron chi connectivity index (χ0n) is 9.71. The number of benzene rings is 1. The van der Waals surface area contributed by atoms with Gasteiger partial charge in [0, 0.05) is 24.8 Å². The minimum Gasteiger partial charge on any atom is -0.294 e. The fourth-order valence-corrected chi connectivity index (χ4v) is 2.15. The number of Topliss-reactive ketones (excluding diaryl/α,β-unsaturated/α-hetero) is 1. The topological polar surface area (TPSA) is 60.7 Å². The Hall–Kier alpha value is -1.76. The first kappa shape index (κ1) is 12.7. The van der Waals surface area contributed by atoms with Gasteiger partial charge >= 0.3 is 0 Å². The van der Waals surface area contributed by atoms with E-state index in [1.165, 1.54) is 36.0 Å². The van der Waals surface area contributed by atoms with E-state index in [0.717, 1.165) is 0 Å². The molecule has 0 fully saturated rings. The Morgan fingerprint density at radius 2 is 2.11 bits per heavy atom. The molecule has 0 bridgehead atoms. The maximum Gasteiger partial charge on any atom is 0.209 e. The van der Waals surface area contributed by atoms with Gasteiger partial charge in [0.15, 0.2) is 5.78 Å². The van der Waals surface area contributed by atoms with Crippen LogP contribution >= 0.6 is 11.8 Å². The quantitative estimate of drug-likeness (QED) is 0.609. The Balaban J connectivity index is 1.85. The first-order chi connectivity index (χ1) is 8.66. The van der Waals surface area contributed by atoms with Gasteiger partial charge in [-0.3, -0.25) is 4.79 Å². The van der Waals surface area contributed by atoms with Crippen LogP contribution in [0.15, 0.2) is 29.4 Å². The average molecular weight is 266 g/mol. The molecule has 0 saturated carbocycles. The van der Waals surface area contributed by atoms with Gasteiger partial charge in [0.05, 0.1) is 0 Å². The van der Waals surface area contributed by atoms with E-state index in [1.54, 1.807) is 11.7 Å². The molecule has 0 radical (unpaired) electrons. The van der Waals surface area contributed by atoms with Crippen molar-refractivity contribution in [2.75, 3.05) is 5.75 Å². The minimum atomic E-state index is -0.342. The van der Waals surface area contributed by atoms with E-state index in [-0.39, 0.29) is 11.6 Å². The zero-order valence-corrected chi connectivity index (χ0v) is 10.5. The van der Waals surface area contributed by atoms with Gasteiger partial charge in [-0.05, 0) is 34.7 Å². The molecule has 0 amide bonds. The van der Waals surface area contributed by atoms with Crippen LogP contribution < -0.4 is 0 Å². The van der Waals surface area contributed by atoms with Crippen molar-refractivity contribution in [1.29, 1.82) is 0 Å². The molecular formula is C11H11FN4OS. The van der Waals surface area contributed by atoms with Gasteiger partial charge in [-0.25, -0.2) is 9.07 Å². The Morgan fingerprint density at radius 3 is 2.72 bits per heavy atom. The molecule has 1 aromatic carbocycles. The predicted octanol–water partition coefficient (Wildman–Crippen LogP) is 1.71. The molecule has 1 heterocycles. The molecule has 0 aliphatic heterocycles. The lowest BCUT2D eigenvalue weighted by Gasteiger charge is -2.00. The highest BCUT2D eigenvalue weighted by Gasteiger charge is 2.08. The van der Waals surface area contributed by atoms with Crippen molar-refractivity contribution in [1.82, 2.24) is 20.2 Å². The smallest absolute Gasteiger partial charge is 0.209 e. The largest absolute Gasteiger partial charge is 0.294 e. The highest BCUT2D eigenvalue weighted by molar-refractivity contribution is 7.99. The standard InChI is InChI=1S/C11H11FN4OS/c1-16-11(13-14-15-16)18-7-6-10(17)8-2-4-9(12)5-3-8/h2-5H,6-7H2,1H3. The lowest BCUT2D eigenvalue weighted by molar-refractivity contribution is 0.0989. The van der Waals surface area contributed by atoms with E-state index in [2.05, 4.69) is 15.5 Å².